The van der Waals surface area contributed by atoms with Crippen molar-refractivity contribution in [2.45, 2.75) is 71.5 Å². The van der Waals surface area contributed by atoms with Crippen LogP contribution in [0.3, 0.4) is 0 Å². The van der Waals surface area contributed by atoms with E-state index in [0.717, 1.165) is 6.42 Å². The fourth-order valence-corrected chi connectivity index (χ4v) is 2.31. The number of carbonyl (C=O) groups is 3. The van der Waals surface area contributed by atoms with E-state index in [1.807, 2.05) is 13.8 Å². The Kier molecular flexibility index (Phi) is 11.0. The molecule has 0 bridgehead atoms. The van der Waals surface area contributed by atoms with Crippen molar-refractivity contribution in [2.24, 2.45) is 23.3 Å². The molecule has 0 aromatic rings. The number of hydrogen-bond acceptors (Lipinski definition) is 5. The number of carboxylic acids is 1. The van der Waals surface area contributed by atoms with Gasteiger partial charge in [-0.25, -0.2) is 4.79 Å². The number of amides is 2. The minimum Gasteiger partial charge on any atom is -0.480 e. The molecule has 8 nitrogen and oxygen atoms in total. The van der Waals surface area contributed by atoms with Crippen LogP contribution in [-0.2, 0) is 14.4 Å². The Morgan fingerprint density at radius 3 is 2.08 bits per heavy atom. The zero-order valence-corrected chi connectivity index (χ0v) is 15.7. The van der Waals surface area contributed by atoms with E-state index in [1.54, 1.807) is 13.8 Å². The van der Waals surface area contributed by atoms with Crippen LogP contribution < -0.4 is 22.1 Å². The van der Waals surface area contributed by atoms with Gasteiger partial charge in [-0.05, 0) is 37.6 Å². The quantitative estimate of drug-likeness (QED) is 0.315. The summed E-state index contributed by atoms with van der Waals surface area (Å²) in [6.45, 7) is 7.83. The summed E-state index contributed by atoms with van der Waals surface area (Å²) in [5.41, 5.74) is 11.3. The second-order valence-electron chi connectivity index (χ2n) is 6.83. The summed E-state index contributed by atoms with van der Waals surface area (Å²) in [5.74, 6) is -2.24. The smallest absolute Gasteiger partial charge is 0.326 e. The molecule has 4 unspecified atom stereocenters. The molecule has 0 radical (unpaired) electrons. The van der Waals surface area contributed by atoms with Gasteiger partial charge >= 0.3 is 5.97 Å². The average Bonchev–Trinajstić information content (AvgIpc) is 2.56. The first-order valence-electron chi connectivity index (χ1n) is 8.94. The second-order valence-corrected chi connectivity index (χ2v) is 6.83. The molecule has 7 N–H and O–H groups in total. The van der Waals surface area contributed by atoms with E-state index < -0.39 is 35.9 Å². The molecule has 0 saturated heterocycles. The van der Waals surface area contributed by atoms with E-state index in [-0.39, 0.29) is 11.8 Å². The molecule has 0 aromatic heterocycles. The Bertz CT molecular complexity index is 442. The van der Waals surface area contributed by atoms with Crippen LogP contribution in [0.15, 0.2) is 0 Å². The van der Waals surface area contributed by atoms with E-state index in [1.165, 1.54) is 0 Å². The van der Waals surface area contributed by atoms with Crippen LogP contribution in [0.1, 0.15) is 53.4 Å². The van der Waals surface area contributed by atoms with Crippen molar-refractivity contribution in [3.05, 3.63) is 0 Å². The highest BCUT2D eigenvalue weighted by Crippen LogP contribution is 2.09. The topological polar surface area (TPSA) is 148 Å². The van der Waals surface area contributed by atoms with Crippen LogP contribution >= 0.6 is 0 Å². The zero-order valence-electron chi connectivity index (χ0n) is 15.7. The molecule has 146 valence electrons. The van der Waals surface area contributed by atoms with Crippen molar-refractivity contribution in [3.8, 4) is 0 Å². The molecular formula is C17H34N4O4. The number of carbonyl (C=O) groups excluding carboxylic acids is 2. The van der Waals surface area contributed by atoms with Crippen molar-refractivity contribution in [1.82, 2.24) is 10.6 Å². The van der Waals surface area contributed by atoms with Crippen molar-refractivity contribution >= 4 is 17.8 Å². The maximum Gasteiger partial charge on any atom is 0.326 e. The molecule has 0 rings (SSSR count). The number of carboxylic acid groups (broad SMARTS) is 1. The minimum atomic E-state index is -1.10. The summed E-state index contributed by atoms with van der Waals surface area (Å²) in [5, 5.41) is 14.4. The summed E-state index contributed by atoms with van der Waals surface area (Å²) in [6, 6.07) is -2.54. The SMILES string of the molecule is CCC(C)C(N)C(=O)NC(C(=O)NC(CCCCN)C(=O)O)C(C)C. The van der Waals surface area contributed by atoms with Gasteiger partial charge in [-0.3, -0.25) is 9.59 Å². The normalized spacial score (nSPS) is 16.0. The fourth-order valence-electron chi connectivity index (χ4n) is 2.31. The third-order valence-electron chi connectivity index (χ3n) is 4.37. The predicted octanol–water partition coefficient (Wildman–Crippen LogP) is 0.199. The number of hydrogen-bond donors (Lipinski definition) is 5. The van der Waals surface area contributed by atoms with E-state index >= 15 is 0 Å². The molecule has 0 aliphatic heterocycles. The molecule has 0 fully saturated rings. The Morgan fingerprint density at radius 1 is 1.04 bits per heavy atom. The molecule has 2 amide bonds. The van der Waals surface area contributed by atoms with Crippen LogP contribution in [0.4, 0.5) is 0 Å². The Labute approximate surface area is 150 Å². The van der Waals surface area contributed by atoms with Gasteiger partial charge in [-0.15, -0.1) is 0 Å². The summed E-state index contributed by atoms with van der Waals surface area (Å²) in [4.78, 5) is 36.0. The fraction of sp³-hybridized carbons (Fsp3) is 0.824. The van der Waals surface area contributed by atoms with Gasteiger partial charge in [-0.1, -0.05) is 34.1 Å². The lowest BCUT2D eigenvalue weighted by molar-refractivity contribution is -0.142. The third-order valence-corrected chi connectivity index (χ3v) is 4.37. The van der Waals surface area contributed by atoms with Gasteiger partial charge in [0.1, 0.15) is 12.1 Å². The maximum atomic E-state index is 12.5. The van der Waals surface area contributed by atoms with E-state index in [9.17, 15) is 19.5 Å². The monoisotopic (exact) mass is 358 g/mol. The van der Waals surface area contributed by atoms with Gasteiger partial charge in [0, 0.05) is 0 Å². The number of nitrogens with two attached hydrogens (primary N) is 2. The van der Waals surface area contributed by atoms with Gasteiger partial charge in [0.2, 0.25) is 11.8 Å². The van der Waals surface area contributed by atoms with Gasteiger partial charge in [0.05, 0.1) is 6.04 Å². The first kappa shape index (κ1) is 23.3. The molecule has 8 heteroatoms. The maximum absolute atomic E-state index is 12.5. The van der Waals surface area contributed by atoms with Crippen molar-refractivity contribution in [2.75, 3.05) is 6.54 Å². The highest BCUT2D eigenvalue weighted by atomic mass is 16.4. The summed E-state index contributed by atoms with van der Waals surface area (Å²) < 4.78 is 0. The van der Waals surface area contributed by atoms with Crippen LogP contribution in [-0.4, -0.2) is 47.6 Å². The number of rotatable bonds is 12. The lowest BCUT2D eigenvalue weighted by atomic mass is 9.97. The molecule has 0 spiro atoms. The number of nitrogens with one attached hydrogen (secondary N) is 2. The van der Waals surface area contributed by atoms with Crippen LogP contribution in [0.2, 0.25) is 0 Å². The van der Waals surface area contributed by atoms with Crippen molar-refractivity contribution < 1.29 is 19.5 Å². The molecule has 0 aliphatic rings. The largest absolute Gasteiger partial charge is 0.480 e. The first-order valence-corrected chi connectivity index (χ1v) is 8.94. The molecule has 0 aromatic carbocycles. The number of aliphatic carboxylic acids is 1. The van der Waals surface area contributed by atoms with Crippen molar-refractivity contribution in [1.29, 1.82) is 0 Å². The molecule has 4 atom stereocenters. The van der Waals surface area contributed by atoms with E-state index in [2.05, 4.69) is 10.6 Å². The van der Waals surface area contributed by atoms with Crippen molar-refractivity contribution in [3.63, 3.8) is 0 Å². The third kappa shape index (κ3) is 8.31. The minimum absolute atomic E-state index is 0.0149. The van der Waals surface area contributed by atoms with Crippen LogP contribution in [0.25, 0.3) is 0 Å². The summed E-state index contributed by atoms with van der Waals surface area (Å²) in [7, 11) is 0. The summed E-state index contributed by atoms with van der Waals surface area (Å²) >= 11 is 0. The van der Waals surface area contributed by atoms with Gasteiger partial charge < -0.3 is 27.2 Å². The lowest BCUT2D eigenvalue weighted by Crippen LogP contribution is -2.57. The lowest BCUT2D eigenvalue weighted by Gasteiger charge is -2.26. The molecule has 0 saturated carbocycles. The second kappa shape index (κ2) is 11.8. The van der Waals surface area contributed by atoms with E-state index in [4.69, 9.17) is 11.5 Å². The summed E-state index contributed by atoms with van der Waals surface area (Å²) in [6.07, 6.45) is 2.33. The zero-order chi connectivity index (χ0) is 19.6. The van der Waals surface area contributed by atoms with Gasteiger partial charge in [-0.2, -0.15) is 0 Å². The van der Waals surface area contributed by atoms with Crippen LogP contribution in [0.5, 0.6) is 0 Å². The van der Waals surface area contributed by atoms with Crippen LogP contribution in [0, 0.1) is 11.8 Å². The number of unbranched alkanes of at least 4 members (excludes halogenated alkanes) is 1. The molecular weight excluding hydrogens is 324 g/mol. The Morgan fingerprint density at radius 2 is 1.64 bits per heavy atom. The Hall–Kier alpha value is -1.67. The highest BCUT2D eigenvalue weighted by Gasteiger charge is 2.30. The average molecular weight is 358 g/mol. The van der Waals surface area contributed by atoms with Gasteiger partial charge in [0.15, 0.2) is 0 Å². The Balaban J connectivity index is 4.92. The predicted molar refractivity (Wildman–Crippen MR) is 96.7 cm³/mol. The highest BCUT2D eigenvalue weighted by molar-refractivity contribution is 5.92. The molecule has 25 heavy (non-hydrogen) atoms. The first-order chi connectivity index (χ1) is 11.6. The standard InChI is InChI=1S/C17H34N4O4/c1-5-11(4)13(19)15(22)21-14(10(2)3)16(23)20-12(17(24)25)8-6-7-9-18/h10-14H,5-9,18-19H2,1-4H3,(H,20,23)(H,21,22)(H,24,25). The molecule has 0 heterocycles. The van der Waals surface area contributed by atoms with E-state index in [0.29, 0.717) is 25.8 Å². The van der Waals surface area contributed by atoms with Gasteiger partial charge in [0.25, 0.3) is 0 Å². The molecule has 0 aliphatic carbocycles.